The predicted octanol–water partition coefficient (Wildman–Crippen LogP) is 1.57. The minimum absolute atomic E-state index is 0.166. The number of ether oxygens (including phenoxy) is 2. The highest BCUT2D eigenvalue weighted by Crippen LogP contribution is 2.34. The van der Waals surface area contributed by atoms with E-state index >= 15 is 0 Å². The molecule has 0 amide bonds. The Labute approximate surface area is 100 Å². The van der Waals surface area contributed by atoms with Gasteiger partial charge in [0.25, 0.3) is 0 Å². The van der Waals surface area contributed by atoms with Crippen LogP contribution in [0.5, 0.6) is 11.5 Å². The lowest BCUT2D eigenvalue weighted by Crippen LogP contribution is -2.17. The van der Waals surface area contributed by atoms with Crippen LogP contribution >= 0.6 is 0 Å². The number of benzene rings is 1. The topological polar surface area (TPSA) is 81.8 Å². The van der Waals surface area contributed by atoms with Gasteiger partial charge in [-0.1, -0.05) is 6.07 Å². The summed E-state index contributed by atoms with van der Waals surface area (Å²) in [6.45, 7) is 2.34. The Morgan fingerprint density at radius 3 is 2.65 bits per heavy atom. The number of methoxy groups -OCH3 is 1. The molecule has 0 saturated heterocycles. The molecule has 0 aliphatic heterocycles. The summed E-state index contributed by atoms with van der Waals surface area (Å²) in [6.07, 6.45) is -0.166. The zero-order valence-electron chi connectivity index (χ0n) is 9.97. The molecule has 0 aromatic heterocycles. The lowest BCUT2D eigenvalue weighted by molar-refractivity contribution is -0.137. The molecule has 0 spiro atoms. The van der Waals surface area contributed by atoms with Gasteiger partial charge in [0, 0.05) is 6.04 Å². The average molecular weight is 239 g/mol. The van der Waals surface area contributed by atoms with Crippen LogP contribution in [-0.2, 0) is 4.79 Å². The number of carboxylic acids is 1. The second kappa shape index (κ2) is 6.10. The fourth-order valence-electron chi connectivity index (χ4n) is 1.64. The van der Waals surface area contributed by atoms with Gasteiger partial charge in [-0.25, -0.2) is 0 Å². The predicted molar refractivity (Wildman–Crippen MR) is 63.3 cm³/mol. The van der Waals surface area contributed by atoms with Crippen LogP contribution in [0.1, 0.15) is 24.9 Å². The third-order valence-corrected chi connectivity index (χ3v) is 2.31. The quantitative estimate of drug-likeness (QED) is 0.787. The van der Waals surface area contributed by atoms with E-state index in [9.17, 15) is 4.79 Å². The number of hydrogen-bond donors (Lipinski definition) is 2. The van der Waals surface area contributed by atoms with Crippen molar-refractivity contribution in [3.8, 4) is 11.5 Å². The van der Waals surface area contributed by atoms with Crippen LogP contribution in [-0.4, -0.2) is 24.8 Å². The molecule has 0 fully saturated rings. The Kier molecular flexibility index (Phi) is 4.78. The Balaban J connectivity index is 3.11. The highest BCUT2D eigenvalue weighted by atomic mass is 16.5. The first-order chi connectivity index (χ1) is 8.10. The van der Waals surface area contributed by atoms with E-state index in [4.69, 9.17) is 20.3 Å². The van der Waals surface area contributed by atoms with Gasteiger partial charge in [-0.15, -0.1) is 0 Å². The summed E-state index contributed by atoms with van der Waals surface area (Å²) in [6, 6.07) is 4.62. The van der Waals surface area contributed by atoms with Crippen molar-refractivity contribution in [3.05, 3.63) is 23.8 Å². The summed E-state index contributed by atoms with van der Waals surface area (Å²) in [5.41, 5.74) is 6.46. The lowest BCUT2D eigenvalue weighted by atomic mass is 10.0. The molecule has 94 valence electrons. The van der Waals surface area contributed by atoms with E-state index in [0.717, 1.165) is 0 Å². The summed E-state index contributed by atoms with van der Waals surface area (Å²) in [7, 11) is 1.52. The highest BCUT2D eigenvalue weighted by molar-refractivity contribution is 5.68. The monoisotopic (exact) mass is 239 g/mol. The van der Waals surface area contributed by atoms with E-state index in [1.807, 2.05) is 6.92 Å². The number of rotatable bonds is 6. The van der Waals surface area contributed by atoms with Gasteiger partial charge < -0.3 is 20.3 Å². The van der Waals surface area contributed by atoms with Gasteiger partial charge in [0.2, 0.25) is 0 Å². The number of carboxylic acid groups (broad SMARTS) is 1. The lowest BCUT2D eigenvalue weighted by Gasteiger charge is -2.18. The van der Waals surface area contributed by atoms with Gasteiger partial charge in [0.05, 0.1) is 25.7 Å². The Morgan fingerprint density at radius 1 is 1.47 bits per heavy atom. The molecule has 1 aromatic rings. The molecular formula is C12H17NO4. The van der Waals surface area contributed by atoms with Gasteiger partial charge >= 0.3 is 5.97 Å². The van der Waals surface area contributed by atoms with E-state index < -0.39 is 12.0 Å². The first-order valence-electron chi connectivity index (χ1n) is 5.37. The largest absolute Gasteiger partial charge is 0.496 e. The van der Waals surface area contributed by atoms with Crippen molar-refractivity contribution in [1.82, 2.24) is 0 Å². The van der Waals surface area contributed by atoms with Crippen molar-refractivity contribution < 1.29 is 19.4 Å². The first kappa shape index (κ1) is 13.3. The number of aliphatic carboxylic acids is 1. The van der Waals surface area contributed by atoms with Crippen LogP contribution in [0.15, 0.2) is 18.2 Å². The summed E-state index contributed by atoms with van der Waals surface area (Å²) >= 11 is 0. The van der Waals surface area contributed by atoms with E-state index in [2.05, 4.69) is 0 Å². The van der Waals surface area contributed by atoms with E-state index in [1.165, 1.54) is 7.11 Å². The van der Waals surface area contributed by atoms with Crippen LogP contribution in [0.4, 0.5) is 0 Å². The third-order valence-electron chi connectivity index (χ3n) is 2.31. The van der Waals surface area contributed by atoms with Gasteiger partial charge in [-0.2, -0.15) is 0 Å². The Hall–Kier alpha value is -1.75. The van der Waals surface area contributed by atoms with Crippen molar-refractivity contribution in [2.45, 2.75) is 19.4 Å². The molecule has 0 bridgehead atoms. The second-order valence-corrected chi connectivity index (χ2v) is 3.51. The van der Waals surface area contributed by atoms with Crippen LogP contribution in [0.3, 0.4) is 0 Å². The van der Waals surface area contributed by atoms with Crippen molar-refractivity contribution in [2.24, 2.45) is 5.73 Å². The van der Waals surface area contributed by atoms with Crippen LogP contribution in [0.25, 0.3) is 0 Å². The normalized spacial score (nSPS) is 11.9. The summed E-state index contributed by atoms with van der Waals surface area (Å²) in [5, 5.41) is 8.77. The van der Waals surface area contributed by atoms with Crippen molar-refractivity contribution >= 4 is 5.97 Å². The van der Waals surface area contributed by atoms with E-state index in [0.29, 0.717) is 23.7 Å². The average Bonchev–Trinajstić information content (AvgIpc) is 2.28. The SMILES string of the molecule is CCOc1cccc(OC)c1C(N)CC(=O)O. The molecule has 0 aliphatic rings. The summed E-state index contributed by atoms with van der Waals surface area (Å²) in [4.78, 5) is 10.7. The standard InChI is InChI=1S/C12H17NO4/c1-3-17-10-6-4-5-9(16-2)12(10)8(13)7-11(14)15/h4-6,8H,3,7,13H2,1-2H3,(H,14,15). The molecule has 0 aliphatic carbocycles. The third kappa shape index (κ3) is 3.35. The van der Waals surface area contributed by atoms with Crippen molar-refractivity contribution in [1.29, 1.82) is 0 Å². The smallest absolute Gasteiger partial charge is 0.305 e. The van der Waals surface area contributed by atoms with E-state index in [1.54, 1.807) is 18.2 Å². The van der Waals surface area contributed by atoms with Gasteiger partial charge in [0.15, 0.2) is 0 Å². The summed E-state index contributed by atoms with van der Waals surface area (Å²) in [5.74, 6) is 0.163. The van der Waals surface area contributed by atoms with E-state index in [-0.39, 0.29) is 6.42 Å². The maximum absolute atomic E-state index is 10.7. The molecule has 1 unspecified atom stereocenters. The zero-order chi connectivity index (χ0) is 12.8. The Morgan fingerprint density at radius 2 is 2.12 bits per heavy atom. The maximum Gasteiger partial charge on any atom is 0.305 e. The molecule has 3 N–H and O–H groups in total. The van der Waals surface area contributed by atoms with Crippen LogP contribution in [0, 0.1) is 0 Å². The zero-order valence-corrected chi connectivity index (χ0v) is 9.97. The number of nitrogens with two attached hydrogens (primary N) is 1. The molecule has 1 rings (SSSR count). The summed E-state index contributed by atoms with van der Waals surface area (Å²) < 4.78 is 10.6. The van der Waals surface area contributed by atoms with Crippen LogP contribution in [0.2, 0.25) is 0 Å². The van der Waals surface area contributed by atoms with Crippen LogP contribution < -0.4 is 15.2 Å². The number of carbonyl (C=O) groups is 1. The van der Waals surface area contributed by atoms with Crippen molar-refractivity contribution in [3.63, 3.8) is 0 Å². The molecule has 0 radical (unpaired) electrons. The molecule has 1 atom stereocenters. The molecular weight excluding hydrogens is 222 g/mol. The fourth-order valence-corrected chi connectivity index (χ4v) is 1.64. The fraction of sp³-hybridized carbons (Fsp3) is 0.417. The molecule has 5 nitrogen and oxygen atoms in total. The first-order valence-corrected chi connectivity index (χ1v) is 5.37. The van der Waals surface area contributed by atoms with Gasteiger partial charge in [0.1, 0.15) is 11.5 Å². The second-order valence-electron chi connectivity index (χ2n) is 3.51. The molecule has 17 heavy (non-hydrogen) atoms. The van der Waals surface area contributed by atoms with Gasteiger partial charge in [-0.05, 0) is 19.1 Å². The number of hydrogen-bond acceptors (Lipinski definition) is 4. The maximum atomic E-state index is 10.7. The molecule has 0 heterocycles. The van der Waals surface area contributed by atoms with Crippen molar-refractivity contribution in [2.75, 3.05) is 13.7 Å². The molecule has 5 heteroatoms. The molecule has 1 aromatic carbocycles. The minimum Gasteiger partial charge on any atom is -0.496 e. The Bertz CT molecular complexity index is 392. The van der Waals surface area contributed by atoms with Gasteiger partial charge in [-0.3, -0.25) is 4.79 Å². The highest BCUT2D eigenvalue weighted by Gasteiger charge is 2.19. The minimum atomic E-state index is -0.953. The molecule has 0 saturated carbocycles.